The Bertz CT molecular complexity index is 553. The van der Waals surface area contributed by atoms with Crippen molar-refractivity contribution in [3.05, 3.63) is 47.0 Å². The Morgan fingerprint density at radius 3 is 2.36 bits per heavy atom. The van der Waals surface area contributed by atoms with Gasteiger partial charge in [0.1, 0.15) is 0 Å². The number of benzene rings is 1. The third kappa shape index (κ3) is 4.86. The van der Waals surface area contributed by atoms with Gasteiger partial charge in [0.05, 0.1) is 0 Å². The lowest BCUT2D eigenvalue weighted by atomic mass is 10.1. The molecule has 0 saturated heterocycles. The third-order valence-electron chi connectivity index (χ3n) is 3.43. The second-order valence-electron chi connectivity index (χ2n) is 5.28. The summed E-state index contributed by atoms with van der Waals surface area (Å²) in [5, 5.41) is 6.14. The van der Waals surface area contributed by atoms with Gasteiger partial charge < -0.3 is 15.5 Å². The van der Waals surface area contributed by atoms with Crippen LogP contribution in [0.4, 0.5) is 0 Å². The number of carbonyl (C=O) groups is 2. The van der Waals surface area contributed by atoms with Gasteiger partial charge in [-0.1, -0.05) is 11.6 Å². The van der Waals surface area contributed by atoms with Gasteiger partial charge in [-0.25, -0.2) is 0 Å². The molecular formula is C16H22ClN3O2. The van der Waals surface area contributed by atoms with Crippen molar-refractivity contribution in [3.8, 4) is 0 Å². The second-order valence-corrected chi connectivity index (χ2v) is 5.28. The van der Waals surface area contributed by atoms with Crippen molar-refractivity contribution < 1.29 is 9.59 Å². The average molecular weight is 324 g/mol. The standard InChI is InChI=1S/C16H21N3O2.ClH/c1-19(2)16(21)14-5-3-13(4-6-14)15(20)18-11-12-7-9-17-10-8-12;/h3-7,17H,8-11H2,1-2H3,(H,18,20);1H. The van der Waals surface area contributed by atoms with Crippen LogP contribution in [-0.4, -0.2) is 50.4 Å². The Morgan fingerprint density at radius 2 is 1.82 bits per heavy atom. The molecule has 1 heterocycles. The fraction of sp³-hybridized carbons (Fsp3) is 0.375. The summed E-state index contributed by atoms with van der Waals surface area (Å²) in [6.07, 6.45) is 3.08. The highest BCUT2D eigenvalue weighted by molar-refractivity contribution is 5.97. The van der Waals surface area contributed by atoms with Gasteiger partial charge in [0.25, 0.3) is 11.8 Å². The molecule has 1 aromatic rings. The lowest BCUT2D eigenvalue weighted by Gasteiger charge is -2.14. The first-order valence-corrected chi connectivity index (χ1v) is 7.06. The SMILES string of the molecule is CN(C)C(=O)c1ccc(C(=O)NCC2=CCNCC2)cc1.Cl. The number of hydrogen-bond donors (Lipinski definition) is 2. The van der Waals surface area contributed by atoms with Crippen LogP contribution in [0, 0.1) is 0 Å². The van der Waals surface area contributed by atoms with Crippen molar-refractivity contribution in [2.24, 2.45) is 0 Å². The Kier molecular flexibility index (Phi) is 7.08. The molecule has 1 aliphatic rings. The van der Waals surface area contributed by atoms with Crippen LogP contribution in [-0.2, 0) is 0 Å². The summed E-state index contributed by atoms with van der Waals surface area (Å²) < 4.78 is 0. The molecule has 0 bridgehead atoms. The fourth-order valence-electron chi connectivity index (χ4n) is 2.15. The number of amides is 2. The number of hydrogen-bond acceptors (Lipinski definition) is 3. The van der Waals surface area contributed by atoms with Crippen molar-refractivity contribution in [2.75, 3.05) is 33.7 Å². The minimum atomic E-state index is -0.113. The van der Waals surface area contributed by atoms with Gasteiger partial charge in [0, 0.05) is 38.3 Å². The maximum Gasteiger partial charge on any atom is 0.253 e. The lowest BCUT2D eigenvalue weighted by molar-refractivity contribution is 0.0826. The highest BCUT2D eigenvalue weighted by Crippen LogP contribution is 2.07. The molecule has 22 heavy (non-hydrogen) atoms. The molecule has 0 atom stereocenters. The summed E-state index contributed by atoms with van der Waals surface area (Å²) in [5.74, 6) is -0.180. The molecule has 2 rings (SSSR count). The molecule has 0 unspecified atom stereocenters. The van der Waals surface area contributed by atoms with Gasteiger partial charge in [-0.2, -0.15) is 0 Å². The Morgan fingerprint density at radius 1 is 1.18 bits per heavy atom. The van der Waals surface area contributed by atoms with Gasteiger partial charge in [0.2, 0.25) is 0 Å². The predicted octanol–water partition coefficient (Wildman–Crippen LogP) is 1.46. The number of nitrogens with one attached hydrogen (secondary N) is 2. The molecule has 0 fully saturated rings. The van der Waals surface area contributed by atoms with E-state index in [-0.39, 0.29) is 24.2 Å². The monoisotopic (exact) mass is 323 g/mol. The quantitative estimate of drug-likeness (QED) is 0.825. The van der Waals surface area contributed by atoms with E-state index in [0.717, 1.165) is 19.5 Å². The molecule has 1 aliphatic heterocycles. The molecule has 1 aromatic carbocycles. The maximum atomic E-state index is 12.1. The highest BCUT2D eigenvalue weighted by atomic mass is 35.5. The van der Waals surface area contributed by atoms with Gasteiger partial charge in [0.15, 0.2) is 0 Å². The summed E-state index contributed by atoms with van der Waals surface area (Å²) in [7, 11) is 3.41. The Labute approximate surface area is 137 Å². The van der Waals surface area contributed by atoms with Crippen molar-refractivity contribution in [3.63, 3.8) is 0 Å². The van der Waals surface area contributed by atoms with E-state index in [2.05, 4.69) is 16.7 Å². The van der Waals surface area contributed by atoms with E-state index in [1.807, 2.05) is 0 Å². The summed E-state index contributed by atoms with van der Waals surface area (Å²) in [6.45, 7) is 2.41. The molecule has 2 amide bonds. The number of carbonyl (C=O) groups excluding carboxylic acids is 2. The molecule has 0 aliphatic carbocycles. The average Bonchev–Trinajstić information content (AvgIpc) is 2.53. The largest absolute Gasteiger partial charge is 0.348 e. The molecule has 0 spiro atoms. The van der Waals surface area contributed by atoms with E-state index in [1.165, 1.54) is 10.5 Å². The topological polar surface area (TPSA) is 61.4 Å². The molecule has 120 valence electrons. The van der Waals surface area contributed by atoms with Gasteiger partial charge in [-0.15, -0.1) is 12.4 Å². The zero-order chi connectivity index (χ0) is 15.2. The minimum absolute atomic E-state index is 0. The van der Waals surface area contributed by atoms with Crippen LogP contribution in [0.15, 0.2) is 35.9 Å². The van der Waals surface area contributed by atoms with E-state index in [0.29, 0.717) is 17.7 Å². The first kappa shape index (κ1) is 18.2. The van der Waals surface area contributed by atoms with Gasteiger partial charge in [-0.05, 0) is 37.2 Å². The van der Waals surface area contributed by atoms with Crippen LogP contribution < -0.4 is 10.6 Å². The highest BCUT2D eigenvalue weighted by Gasteiger charge is 2.11. The summed E-state index contributed by atoms with van der Waals surface area (Å²) in [4.78, 5) is 25.3. The van der Waals surface area contributed by atoms with Crippen LogP contribution in [0.3, 0.4) is 0 Å². The Balaban J connectivity index is 0.00000242. The van der Waals surface area contributed by atoms with Crippen molar-refractivity contribution in [2.45, 2.75) is 6.42 Å². The van der Waals surface area contributed by atoms with Crippen LogP contribution >= 0.6 is 12.4 Å². The van der Waals surface area contributed by atoms with Crippen LogP contribution in [0.1, 0.15) is 27.1 Å². The first-order chi connectivity index (χ1) is 10.1. The Hall–Kier alpha value is -1.85. The van der Waals surface area contributed by atoms with Gasteiger partial charge >= 0.3 is 0 Å². The first-order valence-electron chi connectivity index (χ1n) is 7.06. The molecular weight excluding hydrogens is 302 g/mol. The molecule has 0 aromatic heterocycles. The van der Waals surface area contributed by atoms with Crippen molar-refractivity contribution >= 4 is 24.2 Å². The maximum absolute atomic E-state index is 12.1. The zero-order valence-electron chi connectivity index (χ0n) is 12.9. The van der Waals surface area contributed by atoms with E-state index in [1.54, 1.807) is 38.4 Å². The van der Waals surface area contributed by atoms with Crippen LogP contribution in [0.25, 0.3) is 0 Å². The van der Waals surface area contributed by atoms with Crippen molar-refractivity contribution in [1.82, 2.24) is 15.5 Å². The van der Waals surface area contributed by atoms with Crippen LogP contribution in [0.2, 0.25) is 0 Å². The zero-order valence-corrected chi connectivity index (χ0v) is 13.7. The van der Waals surface area contributed by atoms with E-state index >= 15 is 0 Å². The smallest absolute Gasteiger partial charge is 0.253 e. The minimum Gasteiger partial charge on any atom is -0.348 e. The number of halogens is 1. The van der Waals surface area contributed by atoms with E-state index in [4.69, 9.17) is 0 Å². The second kappa shape index (κ2) is 8.56. The van der Waals surface area contributed by atoms with Gasteiger partial charge in [-0.3, -0.25) is 9.59 Å². The summed E-state index contributed by atoms with van der Waals surface area (Å²) in [6, 6.07) is 6.73. The van der Waals surface area contributed by atoms with Crippen LogP contribution in [0.5, 0.6) is 0 Å². The molecule has 2 N–H and O–H groups in total. The normalized spacial score (nSPS) is 13.6. The third-order valence-corrected chi connectivity index (χ3v) is 3.43. The predicted molar refractivity (Wildman–Crippen MR) is 89.6 cm³/mol. The number of nitrogens with zero attached hydrogens (tertiary/aromatic N) is 1. The number of rotatable bonds is 4. The molecule has 0 radical (unpaired) electrons. The lowest BCUT2D eigenvalue weighted by Crippen LogP contribution is -2.29. The van der Waals surface area contributed by atoms with Crippen molar-refractivity contribution in [1.29, 1.82) is 0 Å². The molecule has 0 saturated carbocycles. The van der Waals surface area contributed by atoms with E-state index in [9.17, 15) is 9.59 Å². The summed E-state index contributed by atoms with van der Waals surface area (Å²) >= 11 is 0. The molecule has 6 heteroatoms. The van der Waals surface area contributed by atoms with E-state index < -0.39 is 0 Å². The molecule has 5 nitrogen and oxygen atoms in total. The fourth-order valence-corrected chi connectivity index (χ4v) is 2.15. The summed E-state index contributed by atoms with van der Waals surface area (Å²) in [5.41, 5.74) is 2.40.